The van der Waals surface area contributed by atoms with E-state index in [9.17, 15) is 14.3 Å². The van der Waals surface area contributed by atoms with Crippen molar-refractivity contribution in [2.24, 2.45) is 0 Å². The first-order chi connectivity index (χ1) is 8.39. The number of nitrogens with zero attached hydrogens (tertiary/aromatic N) is 2. The van der Waals surface area contributed by atoms with Gasteiger partial charge in [0.1, 0.15) is 0 Å². The summed E-state index contributed by atoms with van der Waals surface area (Å²) in [6.45, 7) is 3.98. The van der Waals surface area contributed by atoms with E-state index in [4.69, 9.17) is 0 Å². The van der Waals surface area contributed by atoms with Gasteiger partial charge >= 0.3 is 0 Å². The second kappa shape index (κ2) is 4.65. The third-order valence-electron chi connectivity index (χ3n) is 3.30. The molecule has 1 aromatic rings. The first-order valence-electron chi connectivity index (χ1n) is 6.04. The Morgan fingerprint density at radius 3 is 2.94 bits per heavy atom. The number of carbonyl (C=O) groups excluding carboxylic acids is 1. The fraction of sp³-hybridized carbons (Fsp3) is 0.538. The zero-order chi connectivity index (χ0) is 13.3. The average molecular weight is 252 g/mol. The molecule has 4 nitrogen and oxygen atoms in total. The van der Waals surface area contributed by atoms with Crippen molar-refractivity contribution in [3.05, 3.63) is 29.8 Å². The summed E-state index contributed by atoms with van der Waals surface area (Å²) in [5.41, 5.74) is -0.670. The number of halogens is 1. The van der Waals surface area contributed by atoms with E-state index in [1.165, 1.54) is 12.3 Å². The molecule has 1 aliphatic rings. The summed E-state index contributed by atoms with van der Waals surface area (Å²) in [7, 11) is 0. The van der Waals surface area contributed by atoms with Gasteiger partial charge in [0.25, 0.3) is 5.91 Å². The molecule has 0 radical (unpaired) electrons. The lowest BCUT2D eigenvalue weighted by Crippen LogP contribution is -2.48. The molecule has 1 atom stereocenters. The Hall–Kier alpha value is -1.49. The van der Waals surface area contributed by atoms with Crippen molar-refractivity contribution >= 4 is 5.91 Å². The highest BCUT2D eigenvalue weighted by molar-refractivity contribution is 5.94. The Kier molecular flexibility index (Phi) is 3.34. The Labute approximate surface area is 105 Å². The molecule has 2 rings (SSSR count). The van der Waals surface area contributed by atoms with Crippen molar-refractivity contribution in [2.45, 2.75) is 38.3 Å². The molecule has 1 aromatic heterocycles. The highest BCUT2D eigenvalue weighted by atomic mass is 19.1. The number of hydrogen-bond acceptors (Lipinski definition) is 3. The summed E-state index contributed by atoms with van der Waals surface area (Å²) >= 11 is 0. The minimum Gasteiger partial charge on any atom is -0.388 e. The Balaban J connectivity index is 2.23. The maximum absolute atomic E-state index is 13.0. The van der Waals surface area contributed by atoms with Crippen LogP contribution in [-0.4, -0.2) is 39.1 Å². The topological polar surface area (TPSA) is 53.4 Å². The number of rotatable bonds is 2. The van der Waals surface area contributed by atoms with Crippen molar-refractivity contribution in [3.8, 4) is 0 Å². The van der Waals surface area contributed by atoms with Crippen LogP contribution in [0.4, 0.5) is 4.39 Å². The van der Waals surface area contributed by atoms with Crippen LogP contribution >= 0.6 is 0 Å². The van der Waals surface area contributed by atoms with Crippen LogP contribution in [-0.2, 0) is 0 Å². The molecule has 0 spiro atoms. The summed E-state index contributed by atoms with van der Waals surface area (Å²) in [5.74, 6) is -0.916. The quantitative estimate of drug-likeness (QED) is 0.813. The predicted octanol–water partition coefficient (Wildman–Crippen LogP) is 1.60. The molecule has 1 saturated heterocycles. The molecule has 0 bridgehead atoms. The highest BCUT2D eigenvalue weighted by Crippen LogP contribution is 2.28. The predicted molar refractivity (Wildman–Crippen MR) is 64.6 cm³/mol. The molecule has 1 N–H and O–H groups in total. The zero-order valence-electron chi connectivity index (χ0n) is 10.6. The van der Waals surface area contributed by atoms with Crippen LogP contribution in [0.25, 0.3) is 0 Å². The van der Waals surface area contributed by atoms with Crippen molar-refractivity contribution in [2.75, 3.05) is 6.54 Å². The van der Waals surface area contributed by atoms with E-state index in [2.05, 4.69) is 4.98 Å². The Morgan fingerprint density at radius 1 is 1.61 bits per heavy atom. The monoisotopic (exact) mass is 252 g/mol. The normalized spacial score (nSPS) is 20.2. The van der Waals surface area contributed by atoms with Crippen LogP contribution in [0.1, 0.15) is 37.0 Å². The summed E-state index contributed by atoms with van der Waals surface area (Å²) in [6.07, 6.45) is 2.90. The standard InChI is InChI=1S/C13H17FN2O2/c1-13(2,18)10-4-3-7-16(10)12(17)9-5-6-15-11(14)8-9/h5-6,8,10,18H,3-4,7H2,1-2H3. The van der Waals surface area contributed by atoms with Gasteiger partial charge < -0.3 is 10.0 Å². The first-order valence-corrected chi connectivity index (χ1v) is 6.04. The van der Waals surface area contributed by atoms with Gasteiger partial charge in [0.15, 0.2) is 0 Å². The van der Waals surface area contributed by atoms with Crippen LogP contribution in [0, 0.1) is 5.95 Å². The number of likely N-dealkylation sites (tertiary alicyclic amines) is 1. The summed E-state index contributed by atoms with van der Waals surface area (Å²) in [5, 5.41) is 10.1. The van der Waals surface area contributed by atoms with E-state index < -0.39 is 11.5 Å². The summed E-state index contributed by atoms with van der Waals surface area (Å²) < 4.78 is 13.0. The van der Waals surface area contributed by atoms with E-state index in [0.717, 1.165) is 18.9 Å². The van der Waals surface area contributed by atoms with E-state index in [-0.39, 0.29) is 17.5 Å². The molecule has 1 amide bonds. The lowest BCUT2D eigenvalue weighted by molar-refractivity contribution is 0.000318. The molecule has 1 fully saturated rings. The van der Waals surface area contributed by atoms with Gasteiger partial charge in [-0.3, -0.25) is 4.79 Å². The number of amides is 1. The average Bonchev–Trinajstić information content (AvgIpc) is 2.76. The van der Waals surface area contributed by atoms with Crippen LogP contribution in [0.5, 0.6) is 0 Å². The minimum absolute atomic E-state index is 0.221. The van der Waals surface area contributed by atoms with Gasteiger partial charge in [-0.2, -0.15) is 4.39 Å². The smallest absolute Gasteiger partial charge is 0.254 e. The van der Waals surface area contributed by atoms with Gasteiger partial charge in [-0.25, -0.2) is 4.98 Å². The van der Waals surface area contributed by atoms with Crippen molar-refractivity contribution in [1.29, 1.82) is 0 Å². The van der Waals surface area contributed by atoms with Gasteiger partial charge in [-0.05, 0) is 32.8 Å². The second-order valence-corrected chi connectivity index (χ2v) is 5.18. The Bertz CT molecular complexity index is 457. The van der Waals surface area contributed by atoms with Crippen LogP contribution in [0.3, 0.4) is 0 Å². The molecular weight excluding hydrogens is 235 g/mol. The molecule has 18 heavy (non-hydrogen) atoms. The second-order valence-electron chi connectivity index (χ2n) is 5.18. The number of hydrogen-bond donors (Lipinski definition) is 1. The van der Waals surface area contributed by atoms with E-state index in [1.54, 1.807) is 18.7 Å². The first kappa shape index (κ1) is 13.0. The molecule has 1 unspecified atom stereocenters. The number of pyridine rings is 1. The number of carbonyl (C=O) groups is 1. The van der Waals surface area contributed by atoms with Gasteiger partial charge in [0.2, 0.25) is 5.95 Å². The van der Waals surface area contributed by atoms with Gasteiger partial charge in [0.05, 0.1) is 11.6 Å². The lowest BCUT2D eigenvalue weighted by atomic mass is 9.96. The lowest BCUT2D eigenvalue weighted by Gasteiger charge is -2.33. The molecule has 0 aromatic carbocycles. The number of aliphatic hydroxyl groups is 1. The summed E-state index contributed by atoms with van der Waals surface area (Å²) in [4.78, 5) is 17.3. The molecule has 2 heterocycles. The van der Waals surface area contributed by atoms with Crippen LogP contribution in [0.2, 0.25) is 0 Å². The minimum atomic E-state index is -0.947. The third kappa shape index (κ3) is 2.51. The van der Waals surface area contributed by atoms with E-state index in [0.29, 0.717) is 6.54 Å². The molecule has 0 saturated carbocycles. The Morgan fingerprint density at radius 2 is 2.33 bits per heavy atom. The highest BCUT2D eigenvalue weighted by Gasteiger charge is 2.38. The SMILES string of the molecule is CC(C)(O)C1CCCN1C(=O)c1ccnc(F)c1. The molecule has 5 heteroatoms. The van der Waals surface area contributed by atoms with Crippen molar-refractivity contribution < 1.29 is 14.3 Å². The van der Waals surface area contributed by atoms with Crippen LogP contribution in [0.15, 0.2) is 18.3 Å². The van der Waals surface area contributed by atoms with E-state index >= 15 is 0 Å². The van der Waals surface area contributed by atoms with Gasteiger partial charge in [-0.15, -0.1) is 0 Å². The zero-order valence-corrected chi connectivity index (χ0v) is 10.6. The van der Waals surface area contributed by atoms with Crippen molar-refractivity contribution in [3.63, 3.8) is 0 Å². The summed E-state index contributed by atoms with van der Waals surface area (Å²) in [6, 6.07) is 2.40. The largest absolute Gasteiger partial charge is 0.388 e. The van der Waals surface area contributed by atoms with E-state index in [1.807, 2.05) is 0 Å². The fourth-order valence-electron chi connectivity index (χ4n) is 2.45. The van der Waals surface area contributed by atoms with Gasteiger partial charge in [-0.1, -0.05) is 0 Å². The molecule has 1 aliphatic heterocycles. The fourth-order valence-corrected chi connectivity index (χ4v) is 2.45. The number of aromatic nitrogens is 1. The molecular formula is C13H17FN2O2. The maximum atomic E-state index is 13.0. The third-order valence-corrected chi connectivity index (χ3v) is 3.30. The molecule has 0 aliphatic carbocycles. The maximum Gasteiger partial charge on any atom is 0.254 e. The van der Waals surface area contributed by atoms with Gasteiger partial charge in [0, 0.05) is 24.4 Å². The van der Waals surface area contributed by atoms with Crippen LogP contribution < -0.4 is 0 Å². The van der Waals surface area contributed by atoms with Crippen molar-refractivity contribution in [1.82, 2.24) is 9.88 Å². The molecule has 98 valence electrons.